The van der Waals surface area contributed by atoms with E-state index in [2.05, 4.69) is 10.3 Å². The number of rotatable bonds is 2. The van der Waals surface area contributed by atoms with E-state index >= 15 is 0 Å². The molecule has 2 aromatic heterocycles. The van der Waals surface area contributed by atoms with Gasteiger partial charge in [0.1, 0.15) is 0 Å². The van der Waals surface area contributed by atoms with Crippen LogP contribution in [0.5, 0.6) is 0 Å². The van der Waals surface area contributed by atoms with E-state index in [1.54, 1.807) is 11.3 Å². The Balaban J connectivity index is 1.66. The molecule has 0 saturated carbocycles. The van der Waals surface area contributed by atoms with Crippen LogP contribution in [0.15, 0.2) is 30.5 Å². The summed E-state index contributed by atoms with van der Waals surface area (Å²) in [7, 11) is 1.98. The van der Waals surface area contributed by atoms with E-state index in [4.69, 9.17) is 0 Å². The molecular formula is C16H15N3OS. The van der Waals surface area contributed by atoms with Gasteiger partial charge in [-0.2, -0.15) is 0 Å². The van der Waals surface area contributed by atoms with Gasteiger partial charge in [-0.05, 0) is 37.5 Å². The number of aryl methyl sites for hydroxylation is 3. The average molecular weight is 297 g/mol. The number of benzene rings is 1. The van der Waals surface area contributed by atoms with Crippen molar-refractivity contribution >= 4 is 33.3 Å². The molecule has 0 spiro atoms. The predicted octanol–water partition coefficient (Wildman–Crippen LogP) is 3.38. The minimum Gasteiger partial charge on any atom is -0.351 e. The molecule has 0 fully saturated rings. The average Bonchev–Trinajstić information content (AvgIpc) is 3.14. The standard InChI is InChI=1S/C16H15N3OS/c1-19-9-8-10-11(4-2-6-13(10)19)15(20)18-16-17-12-5-3-7-14(12)21-16/h2,4,6,8-9H,3,5,7H2,1H3,(H,17,18,20). The summed E-state index contributed by atoms with van der Waals surface area (Å²) < 4.78 is 2.02. The highest BCUT2D eigenvalue weighted by atomic mass is 32.1. The molecule has 0 saturated heterocycles. The Bertz CT molecular complexity index is 825. The number of thiazole rings is 1. The van der Waals surface area contributed by atoms with Crippen molar-refractivity contribution in [3.05, 3.63) is 46.6 Å². The maximum absolute atomic E-state index is 12.5. The highest BCUT2D eigenvalue weighted by molar-refractivity contribution is 7.16. The van der Waals surface area contributed by atoms with Gasteiger partial charge in [0.25, 0.3) is 5.91 Å². The molecule has 0 bridgehead atoms. The van der Waals surface area contributed by atoms with Gasteiger partial charge in [0.05, 0.1) is 5.69 Å². The van der Waals surface area contributed by atoms with Gasteiger partial charge in [-0.3, -0.25) is 10.1 Å². The Morgan fingerprint density at radius 3 is 3.10 bits per heavy atom. The number of anilines is 1. The first-order chi connectivity index (χ1) is 10.2. The van der Waals surface area contributed by atoms with Gasteiger partial charge in [-0.25, -0.2) is 4.98 Å². The number of nitrogens with zero attached hydrogens (tertiary/aromatic N) is 2. The van der Waals surface area contributed by atoms with E-state index in [1.165, 1.54) is 11.3 Å². The second-order valence-corrected chi connectivity index (χ2v) is 6.45. The molecule has 4 nitrogen and oxygen atoms in total. The lowest BCUT2D eigenvalue weighted by Crippen LogP contribution is -2.12. The summed E-state index contributed by atoms with van der Waals surface area (Å²) in [6.07, 6.45) is 5.29. The molecule has 1 N–H and O–H groups in total. The number of hydrogen-bond acceptors (Lipinski definition) is 3. The first-order valence-corrected chi connectivity index (χ1v) is 7.88. The summed E-state index contributed by atoms with van der Waals surface area (Å²) in [6, 6.07) is 7.77. The zero-order valence-corrected chi connectivity index (χ0v) is 12.5. The molecule has 0 aliphatic heterocycles. The first kappa shape index (κ1) is 12.6. The summed E-state index contributed by atoms with van der Waals surface area (Å²) in [4.78, 5) is 18.4. The number of amides is 1. The molecule has 1 aliphatic carbocycles. The van der Waals surface area contributed by atoms with Gasteiger partial charge in [-0.1, -0.05) is 6.07 Å². The number of fused-ring (bicyclic) bond motifs is 2. The summed E-state index contributed by atoms with van der Waals surface area (Å²) in [5.41, 5.74) is 2.92. The van der Waals surface area contributed by atoms with Crippen LogP contribution in [0.3, 0.4) is 0 Å². The maximum Gasteiger partial charge on any atom is 0.258 e. The van der Waals surface area contributed by atoms with Crippen molar-refractivity contribution < 1.29 is 4.79 Å². The molecule has 0 radical (unpaired) electrons. The third-order valence-electron chi connectivity index (χ3n) is 3.99. The zero-order chi connectivity index (χ0) is 14.4. The molecule has 4 rings (SSSR count). The van der Waals surface area contributed by atoms with Crippen molar-refractivity contribution in [2.75, 3.05) is 5.32 Å². The zero-order valence-electron chi connectivity index (χ0n) is 11.7. The van der Waals surface area contributed by atoms with Crippen molar-refractivity contribution in [2.24, 2.45) is 7.05 Å². The lowest BCUT2D eigenvalue weighted by Gasteiger charge is -2.04. The molecular weight excluding hydrogens is 282 g/mol. The Morgan fingerprint density at radius 1 is 1.33 bits per heavy atom. The number of carbonyl (C=O) groups excluding carboxylic acids is 1. The van der Waals surface area contributed by atoms with E-state index in [0.29, 0.717) is 5.56 Å². The maximum atomic E-state index is 12.5. The predicted molar refractivity (Wildman–Crippen MR) is 85.0 cm³/mol. The van der Waals surface area contributed by atoms with Gasteiger partial charge in [0, 0.05) is 34.6 Å². The van der Waals surface area contributed by atoms with Crippen LogP contribution in [0, 0.1) is 0 Å². The molecule has 0 unspecified atom stereocenters. The normalized spacial score (nSPS) is 13.6. The molecule has 2 heterocycles. The minimum atomic E-state index is -0.0841. The fraction of sp³-hybridized carbons (Fsp3) is 0.250. The van der Waals surface area contributed by atoms with Crippen LogP contribution in [0.25, 0.3) is 10.9 Å². The second kappa shape index (κ2) is 4.70. The summed E-state index contributed by atoms with van der Waals surface area (Å²) in [5.74, 6) is -0.0841. The molecule has 5 heteroatoms. The number of aromatic nitrogens is 2. The van der Waals surface area contributed by atoms with Crippen molar-refractivity contribution in [2.45, 2.75) is 19.3 Å². The lowest BCUT2D eigenvalue weighted by atomic mass is 10.1. The third-order valence-corrected chi connectivity index (χ3v) is 5.06. The van der Waals surface area contributed by atoms with Gasteiger partial charge in [0.2, 0.25) is 0 Å². The Kier molecular flexibility index (Phi) is 2.82. The van der Waals surface area contributed by atoms with E-state index < -0.39 is 0 Å². The van der Waals surface area contributed by atoms with Crippen LogP contribution in [-0.4, -0.2) is 15.5 Å². The monoisotopic (exact) mass is 297 g/mol. The highest BCUT2D eigenvalue weighted by Crippen LogP contribution is 2.31. The van der Waals surface area contributed by atoms with Crippen molar-refractivity contribution in [3.8, 4) is 0 Å². The Hall–Kier alpha value is -2.14. The summed E-state index contributed by atoms with van der Waals surface area (Å²) in [6.45, 7) is 0. The summed E-state index contributed by atoms with van der Waals surface area (Å²) in [5, 5.41) is 4.64. The lowest BCUT2D eigenvalue weighted by molar-refractivity contribution is 0.102. The van der Waals surface area contributed by atoms with E-state index in [-0.39, 0.29) is 5.91 Å². The smallest absolute Gasteiger partial charge is 0.258 e. The molecule has 1 amide bonds. The molecule has 1 aliphatic rings. The number of hydrogen-bond donors (Lipinski definition) is 1. The van der Waals surface area contributed by atoms with Crippen molar-refractivity contribution in [1.82, 2.24) is 9.55 Å². The first-order valence-electron chi connectivity index (χ1n) is 7.06. The third kappa shape index (κ3) is 2.05. The quantitative estimate of drug-likeness (QED) is 0.788. The topological polar surface area (TPSA) is 46.9 Å². The van der Waals surface area contributed by atoms with Crippen molar-refractivity contribution in [3.63, 3.8) is 0 Å². The highest BCUT2D eigenvalue weighted by Gasteiger charge is 2.19. The Labute approximate surface area is 126 Å². The van der Waals surface area contributed by atoms with Gasteiger partial charge in [-0.15, -0.1) is 11.3 Å². The van der Waals surface area contributed by atoms with Crippen LogP contribution >= 0.6 is 11.3 Å². The number of nitrogens with one attached hydrogen (secondary N) is 1. The van der Waals surface area contributed by atoms with Gasteiger partial charge < -0.3 is 4.57 Å². The van der Waals surface area contributed by atoms with Gasteiger partial charge in [0.15, 0.2) is 5.13 Å². The van der Waals surface area contributed by atoms with Crippen LogP contribution < -0.4 is 5.32 Å². The molecule has 3 aromatic rings. The Morgan fingerprint density at radius 2 is 2.24 bits per heavy atom. The molecule has 106 valence electrons. The largest absolute Gasteiger partial charge is 0.351 e. The van der Waals surface area contributed by atoms with Crippen LogP contribution in [0.1, 0.15) is 27.3 Å². The fourth-order valence-corrected chi connectivity index (χ4v) is 3.95. The van der Waals surface area contributed by atoms with E-state index in [0.717, 1.165) is 34.6 Å². The van der Waals surface area contributed by atoms with E-state index in [1.807, 2.05) is 42.1 Å². The van der Waals surface area contributed by atoms with E-state index in [9.17, 15) is 4.79 Å². The van der Waals surface area contributed by atoms with Gasteiger partial charge >= 0.3 is 0 Å². The van der Waals surface area contributed by atoms with Crippen LogP contribution in [0.4, 0.5) is 5.13 Å². The summed E-state index contributed by atoms with van der Waals surface area (Å²) >= 11 is 1.61. The fourth-order valence-electron chi connectivity index (χ4n) is 2.91. The van der Waals surface area contributed by atoms with Crippen molar-refractivity contribution in [1.29, 1.82) is 0 Å². The number of carbonyl (C=O) groups is 1. The minimum absolute atomic E-state index is 0.0841. The van der Waals surface area contributed by atoms with Crippen LogP contribution in [-0.2, 0) is 19.9 Å². The second-order valence-electron chi connectivity index (χ2n) is 5.36. The van der Waals surface area contributed by atoms with Crippen LogP contribution in [0.2, 0.25) is 0 Å². The molecule has 21 heavy (non-hydrogen) atoms. The molecule has 0 atom stereocenters. The SMILES string of the molecule is Cn1ccc2c(C(=O)Nc3nc4c(s3)CCC4)cccc21. The molecule has 1 aromatic carbocycles.